The van der Waals surface area contributed by atoms with Gasteiger partial charge in [-0.1, -0.05) is 84.9 Å². The van der Waals surface area contributed by atoms with Crippen molar-refractivity contribution in [3.05, 3.63) is 137 Å². The van der Waals surface area contributed by atoms with E-state index in [1.165, 1.54) is 24.3 Å². The van der Waals surface area contributed by atoms with E-state index in [4.69, 9.17) is 14.2 Å². The Morgan fingerprint density at radius 2 is 1.04 bits per heavy atom. The summed E-state index contributed by atoms with van der Waals surface area (Å²) < 4.78 is 66.8. The van der Waals surface area contributed by atoms with Crippen LogP contribution in [-0.2, 0) is 43.0 Å². The molecule has 0 aliphatic rings. The summed E-state index contributed by atoms with van der Waals surface area (Å²) in [5.74, 6) is 0.963. The smallest absolute Gasteiger partial charge is 0.297 e. The van der Waals surface area contributed by atoms with Gasteiger partial charge in [0.15, 0.2) is 0 Å². The zero-order valence-electron chi connectivity index (χ0n) is 38.7. The van der Waals surface area contributed by atoms with Gasteiger partial charge in [0.2, 0.25) is 23.8 Å². The molecule has 6 aromatic rings. The Labute approximate surface area is 407 Å². The first-order chi connectivity index (χ1) is 33.8. The monoisotopic (exact) mass is 998 g/mol. The van der Waals surface area contributed by atoms with Gasteiger partial charge in [-0.25, -0.2) is 0 Å². The van der Waals surface area contributed by atoms with Crippen LogP contribution in [0.15, 0.2) is 102 Å². The molecule has 372 valence electrons. The number of rotatable bonds is 28. The van der Waals surface area contributed by atoms with E-state index in [2.05, 4.69) is 30.6 Å². The molecule has 0 aliphatic heterocycles. The summed E-state index contributed by atoms with van der Waals surface area (Å²) in [5.41, 5.74) is 3.31. The number of anilines is 6. The van der Waals surface area contributed by atoms with Gasteiger partial charge in [0.25, 0.3) is 20.2 Å². The van der Waals surface area contributed by atoms with Crippen molar-refractivity contribution in [3.63, 3.8) is 0 Å². The average molecular weight is 999 g/mol. The second kappa shape index (κ2) is 25.9. The van der Waals surface area contributed by atoms with Gasteiger partial charge in [-0.3, -0.25) is 8.74 Å². The number of hydrogen-bond acceptors (Lipinski definition) is 19. The van der Waals surface area contributed by atoms with Crippen molar-refractivity contribution >= 4 is 67.6 Å². The fraction of sp³-hybridized carbons (Fsp3) is 0.333. The van der Waals surface area contributed by atoms with Gasteiger partial charge in [-0.05, 0) is 77.8 Å². The zero-order chi connectivity index (χ0) is 49.9. The van der Waals surface area contributed by atoms with E-state index < -0.39 is 26.0 Å². The van der Waals surface area contributed by atoms with Crippen LogP contribution < -0.4 is 20.4 Å². The number of aromatic nitrogens is 6. The number of aliphatic hydroxyl groups is 4. The molecule has 0 bridgehead atoms. The van der Waals surface area contributed by atoms with E-state index in [0.717, 1.165) is 18.4 Å². The Morgan fingerprint density at radius 3 is 1.56 bits per heavy atom. The van der Waals surface area contributed by atoms with Gasteiger partial charge >= 0.3 is 0 Å². The molecule has 4 aromatic carbocycles. The molecule has 0 aliphatic carbocycles. The minimum Gasteiger partial charge on any atom is -0.396 e. The summed E-state index contributed by atoms with van der Waals surface area (Å²) in [6, 6.07) is 28.3. The molecule has 0 atom stereocenters. The van der Waals surface area contributed by atoms with Crippen LogP contribution >= 0.6 is 0 Å². The highest BCUT2D eigenvalue weighted by Crippen LogP contribution is 2.28. The molecule has 0 spiro atoms. The van der Waals surface area contributed by atoms with Crippen molar-refractivity contribution in [2.45, 2.75) is 49.2 Å². The van der Waals surface area contributed by atoms with Gasteiger partial charge in [0.05, 0.1) is 7.11 Å². The summed E-state index contributed by atoms with van der Waals surface area (Å²) in [7, 11) is -7.88. The largest absolute Gasteiger partial charge is 0.396 e. The lowest BCUT2D eigenvalue weighted by Crippen LogP contribution is -2.29. The van der Waals surface area contributed by atoms with Crippen LogP contribution in [0.3, 0.4) is 0 Å². The Kier molecular flexibility index (Phi) is 19.6. The SMILES string of the molecule is COS(=O)(=O)c1cc(Nc2nc(Cc3ccccc3)nc(N(CCCO)CCCO)n2)ccc1/C=C/c1ccc(Cc2nc(Nc3ccccc3)nc(N(CCCO)CCCO)n2)cc1CS(=O)(=O)O. The molecule has 20 nitrogen and oxygen atoms in total. The first-order valence-corrected chi connectivity index (χ1v) is 25.6. The number of nitrogens with zero attached hydrogens (tertiary/aromatic N) is 8. The minimum atomic E-state index is -4.56. The standard InChI is InChI=1S/C48H58N10O10S2/c1-68-70(66,67)42-33-41(50-46-51-43(31-35-12-4-2-5-13-35)53-47(56-46)57(22-8-26-59)23-9-27-60)21-20-38(42)19-18-37-17-16-36(30-39(37)34-69(63,64)65)32-44-52-45(49-40-14-6-3-7-15-40)55-48(54-44)58(24-10-28-61)25-11-29-62/h2-7,12-21,30,33,59-62H,8-11,22-29,31-32,34H2,1H3,(H,63,64,65)(H,49,52,54,55)(H,50,51,53,56)/b19-18+. The first kappa shape index (κ1) is 52.9. The third-order valence-corrected chi connectivity index (χ3v) is 12.6. The third-order valence-electron chi connectivity index (χ3n) is 10.6. The molecule has 0 saturated carbocycles. The zero-order valence-corrected chi connectivity index (χ0v) is 40.3. The number of aliphatic hydroxyl groups excluding tert-OH is 4. The predicted octanol–water partition coefficient (Wildman–Crippen LogP) is 4.76. The maximum atomic E-state index is 13.5. The summed E-state index contributed by atoms with van der Waals surface area (Å²) in [6.07, 6.45) is 5.21. The molecule has 0 amide bonds. The molecular formula is C48H58N10O10S2. The van der Waals surface area contributed by atoms with E-state index in [1.807, 2.05) is 70.5 Å². The van der Waals surface area contributed by atoms with E-state index in [1.54, 1.807) is 24.3 Å². The van der Waals surface area contributed by atoms with Crippen molar-refractivity contribution in [1.29, 1.82) is 0 Å². The Balaban J connectivity index is 1.33. The second-order valence-corrected chi connectivity index (χ2v) is 19.1. The minimum absolute atomic E-state index is 0.0638. The van der Waals surface area contributed by atoms with Gasteiger partial charge in [-0.15, -0.1) is 0 Å². The first-order valence-electron chi connectivity index (χ1n) is 22.6. The van der Waals surface area contributed by atoms with Crippen molar-refractivity contribution in [2.24, 2.45) is 0 Å². The van der Waals surface area contributed by atoms with Crippen LogP contribution in [0.4, 0.5) is 35.2 Å². The highest BCUT2D eigenvalue weighted by molar-refractivity contribution is 7.86. The average Bonchev–Trinajstić information content (AvgIpc) is 3.34. The van der Waals surface area contributed by atoms with Crippen LogP contribution in [0.25, 0.3) is 12.2 Å². The van der Waals surface area contributed by atoms with Gasteiger partial charge in [-0.2, -0.15) is 46.7 Å². The van der Waals surface area contributed by atoms with Crippen molar-refractivity contribution in [1.82, 2.24) is 29.9 Å². The van der Waals surface area contributed by atoms with Crippen molar-refractivity contribution in [2.75, 3.05) is 80.1 Å². The van der Waals surface area contributed by atoms with Gasteiger partial charge in [0.1, 0.15) is 22.3 Å². The molecule has 0 unspecified atom stereocenters. The maximum Gasteiger partial charge on any atom is 0.297 e. The normalized spacial score (nSPS) is 11.8. The quantitative estimate of drug-likeness (QED) is 0.0198. The molecule has 7 N–H and O–H groups in total. The lowest BCUT2D eigenvalue weighted by Gasteiger charge is -2.23. The van der Waals surface area contributed by atoms with Crippen LogP contribution in [0.5, 0.6) is 0 Å². The van der Waals surface area contributed by atoms with Crippen molar-refractivity contribution in [3.8, 4) is 0 Å². The van der Waals surface area contributed by atoms with Crippen LogP contribution in [0.1, 0.15) is 65.1 Å². The van der Waals surface area contributed by atoms with Crippen LogP contribution in [0.2, 0.25) is 0 Å². The fourth-order valence-corrected chi connectivity index (χ4v) is 8.79. The summed E-state index contributed by atoms with van der Waals surface area (Å²) >= 11 is 0. The molecule has 70 heavy (non-hydrogen) atoms. The van der Waals surface area contributed by atoms with E-state index in [0.29, 0.717) is 93.0 Å². The van der Waals surface area contributed by atoms with Gasteiger partial charge in [0, 0.05) is 76.8 Å². The number of benzene rings is 4. The fourth-order valence-electron chi connectivity index (χ4n) is 7.27. The van der Waals surface area contributed by atoms with E-state index >= 15 is 0 Å². The molecular weight excluding hydrogens is 941 g/mol. The molecule has 0 saturated heterocycles. The highest BCUT2D eigenvalue weighted by atomic mass is 32.2. The summed E-state index contributed by atoms with van der Waals surface area (Å²) in [4.78, 5) is 31.5. The lowest BCUT2D eigenvalue weighted by atomic mass is 10.0. The summed E-state index contributed by atoms with van der Waals surface area (Å²) in [6.45, 7) is 1.37. The third kappa shape index (κ3) is 16.0. The Hall–Kier alpha value is -6.50. The second-order valence-electron chi connectivity index (χ2n) is 16.0. The van der Waals surface area contributed by atoms with Gasteiger partial charge < -0.3 is 40.9 Å². The maximum absolute atomic E-state index is 13.5. The van der Waals surface area contributed by atoms with Crippen LogP contribution in [-0.4, -0.2) is 131 Å². The topological polar surface area (TPSA) is 287 Å². The molecule has 2 heterocycles. The van der Waals surface area contributed by atoms with E-state index in [-0.39, 0.29) is 66.5 Å². The molecule has 0 radical (unpaired) electrons. The molecule has 2 aromatic heterocycles. The number of hydrogen-bond donors (Lipinski definition) is 7. The predicted molar refractivity (Wildman–Crippen MR) is 267 cm³/mol. The van der Waals surface area contributed by atoms with Crippen LogP contribution in [0, 0.1) is 0 Å². The Morgan fingerprint density at radius 1 is 0.557 bits per heavy atom. The lowest BCUT2D eigenvalue weighted by molar-refractivity contribution is 0.281. The molecule has 0 fully saturated rings. The van der Waals surface area contributed by atoms with Crippen molar-refractivity contribution < 1.29 is 46.0 Å². The number of nitrogens with one attached hydrogen (secondary N) is 2. The highest BCUT2D eigenvalue weighted by Gasteiger charge is 2.21. The number of para-hydroxylation sites is 1. The summed E-state index contributed by atoms with van der Waals surface area (Å²) in [5, 5.41) is 44.6. The molecule has 22 heteroatoms. The Bertz CT molecular complexity index is 2870. The molecule has 6 rings (SSSR count). The van der Waals surface area contributed by atoms with E-state index in [9.17, 15) is 41.8 Å².